The highest BCUT2D eigenvalue weighted by molar-refractivity contribution is 5.76. The van der Waals surface area contributed by atoms with E-state index in [1.54, 1.807) is 6.20 Å². The summed E-state index contributed by atoms with van der Waals surface area (Å²) in [5.41, 5.74) is 0. The summed E-state index contributed by atoms with van der Waals surface area (Å²) in [6.45, 7) is 4.44. The maximum absolute atomic E-state index is 12.3. The maximum Gasteiger partial charge on any atom is 0.220 e. The number of rotatable bonds is 6. The minimum Gasteiger partial charge on any atom is -0.378 e. The Kier molecular flexibility index (Phi) is 5.67. The number of aryl methyl sites for hydroxylation is 1. The molecule has 23 heavy (non-hydrogen) atoms. The third-order valence-electron chi connectivity index (χ3n) is 4.75. The maximum atomic E-state index is 12.3. The van der Waals surface area contributed by atoms with Gasteiger partial charge < -0.3 is 19.4 Å². The zero-order chi connectivity index (χ0) is 16.1. The molecule has 3 rings (SSSR count). The summed E-state index contributed by atoms with van der Waals surface area (Å²) in [4.78, 5) is 16.7. The second-order valence-corrected chi connectivity index (χ2v) is 6.35. The molecule has 0 aliphatic carbocycles. The molecule has 3 heterocycles. The molecular weight excluding hydrogens is 294 g/mol. The van der Waals surface area contributed by atoms with E-state index in [-0.39, 0.29) is 24.2 Å². The Bertz CT molecular complexity index is 511. The SMILES string of the molecule is CCn1ccnc1[C@H]1OCC[C@@H]1NC(=O)CCC1CCCCO1. The van der Waals surface area contributed by atoms with Gasteiger partial charge in [-0.05, 0) is 39.0 Å². The molecule has 6 nitrogen and oxygen atoms in total. The van der Waals surface area contributed by atoms with Gasteiger partial charge in [0, 0.05) is 38.6 Å². The second kappa shape index (κ2) is 7.93. The van der Waals surface area contributed by atoms with E-state index in [2.05, 4.69) is 21.8 Å². The third-order valence-corrected chi connectivity index (χ3v) is 4.75. The first-order chi connectivity index (χ1) is 11.3. The minimum atomic E-state index is -0.139. The van der Waals surface area contributed by atoms with Crippen molar-refractivity contribution in [1.29, 1.82) is 0 Å². The van der Waals surface area contributed by atoms with Crippen LogP contribution in [0.5, 0.6) is 0 Å². The standard InChI is InChI=1S/C17H27N3O3/c1-2-20-10-9-18-17(20)16-14(8-12-23-16)19-15(21)7-6-13-5-3-4-11-22-13/h9-10,13-14,16H,2-8,11-12H2,1H3,(H,19,21)/t13?,14-,16-/m0/s1. The summed E-state index contributed by atoms with van der Waals surface area (Å²) in [5, 5.41) is 3.14. The van der Waals surface area contributed by atoms with E-state index in [0.717, 1.165) is 44.7 Å². The Morgan fingerprint density at radius 1 is 1.35 bits per heavy atom. The fourth-order valence-electron chi connectivity index (χ4n) is 3.44. The summed E-state index contributed by atoms with van der Waals surface area (Å²) >= 11 is 0. The van der Waals surface area contributed by atoms with Crippen LogP contribution in [0.25, 0.3) is 0 Å². The lowest BCUT2D eigenvalue weighted by molar-refractivity contribution is -0.123. The molecule has 0 spiro atoms. The normalized spacial score (nSPS) is 28.0. The summed E-state index contributed by atoms with van der Waals surface area (Å²) in [6.07, 6.45) is 9.48. The third kappa shape index (κ3) is 4.12. The summed E-state index contributed by atoms with van der Waals surface area (Å²) in [6, 6.07) is 0.0162. The van der Waals surface area contributed by atoms with Crippen LogP contribution in [0, 0.1) is 0 Å². The lowest BCUT2D eigenvalue weighted by Gasteiger charge is -2.23. The first-order valence-corrected chi connectivity index (χ1v) is 8.81. The van der Waals surface area contributed by atoms with Gasteiger partial charge in [-0.25, -0.2) is 4.98 Å². The highest BCUT2D eigenvalue weighted by Gasteiger charge is 2.33. The fraction of sp³-hybridized carbons (Fsp3) is 0.765. The lowest BCUT2D eigenvalue weighted by atomic mass is 10.0. The van der Waals surface area contributed by atoms with Gasteiger partial charge in [-0.2, -0.15) is 0 Å². The van der Waals surface area contributed by atoms with Gasteiger partial charge in [-0.1, -0.05) is 0 Å². The minimum absolute atomic E-state index is 0.0162. The molecule has 1 N–H and O–H groups in total. The number of imidazole rings is 1. The molecule has 128 valence electrons. The molecule has 1 unspecified atom stereocenters. The molecule has 1 aromatic heterocycles. The van der Waals surface area contributed by atoms with E-state index in [0.29, 0.717) is 13.0 Å². The van der Waals surface area contributed by atoms with Crippen molar-refractivity contribution in [2.75, 3.05) is 13.2 Å². The monoisotopic (exact) mass is 321 g/mol. The summed E-state index contributed by atoms with van der Waals surface area (Å²) in [5.74, 6) is 1.00. The van der Waals surface area contributed by atoms with Crippen molar-refractivity contribution in [3.8, 4) is 0 Å². The molecule has 2 aliphatic rings. The van der Waals surface area contributed by atoms with Crippen molar-refractivity contribution in [1.82, 2.24) is 14.9 Å². The molecule has 1 aromatic rings. The molecule has 6 heteroatoms. The van der Waals surface area contributed by atoms with E-state index in [1.165, 1.54) is 6.42 Å². The van der Waals surface area contributed by atoms with Crippen LogP contribution in [0.3, 0.4) is 0 Å². The Morgan fingerprint density at radius 3 is 3.04 bits per heavy atom. The van der Waals surface area contributed by atoms with Gasteiger partial charge >= 0.3 is 0 Å². The smallest absolute Gasteiger partial charge is 0.220 e. The molecular formula is C17H27N3O3. The van der Waals surface area contributed by atoms with Crippen molar-refractivity contribution >= 4 is 5.91 Å². The van der Waals surface area contributed by atoms with Gasteiger partial charge in [0.15, 0.2) is 0 Å². The Balaban J connectivity index is 1.51. The van der Waals surface area contributed by atoms with Gasteiger partial charge in [-0.3, -0.25) is 4.79 Å². The molecule has 0 radical (unpaired) electrons. The number of ether oxygens (including phenoxy) is 2. The highest BCUT2D eigenvalue weighted by atomic mass is 16.5. The fourth-order valence-corrected chi connectivity index (χ4v) is 3.44. The van der Waals surface area contributed by atoms with Crippen LogP contribution >= 0.6 is 0 Å². The predicted molar refractivity (Wildman–Crippen MR) is 86.0 cm³/mol. The van der Waals surface area contributed by atoms with Gasteiger partial charge in [0.25, 0.3) is 0 Å². The van der Waals surface area contributed by atoms with E-state index in [9.17, 15) is 4.79 Å². The first-order valence-electron chi connectivity index (χ1n) is 8.81. The summed E-state index contributed by atoms with van der Waals surface area (Å²) in [7, 11) is 0. The van der Waals surface area contributed by atoms with Crippen molar-refractivity contribution in [3.63, 3.8) is 0 Å². The largest absolute Gasteiger partial charge is 0.378 e. The number of hydrogen-bond donors (Lipinski definition) is 1. The van der Waals surface area contributed by atoms with Crippen molar-refractivity contribution in [2.45, 2.75) is 70.2 Å². The van der Waals surface area contributed by atoms with Crippen molar-refractivity contribution in [2.24, 2.45) is 0 Å². The molecule has 3 atom stereocenters. The number of hydrogen-bond acceptors (Lipinski definition) is 4. The predicted octanol–water partition coefficient (Wildman–Crippen LogP) is 2.20. The Morgan fingerprint density at radius 2 is 2.26 bits per heavy atom. The van der Waals surface area contributed by atoms with Crippen molar-refractivity contribution < 1.29 is 14.3 Å². The van der Waals surface area contributed by atoms with E-state index in [1.807, 2.05) is 6.20 Å². The quantitative estimate of drug-likeness (QED) is 0.872. The molecule has 1 amide bonds. The average molecular weight is 321 g/mol. The molecule has 0 bridgehead atoms. The number of carbonyl (C=O) groups is 1. The zero-order valence-corrected chi connectivity index (χ0v) is 13.9. The lowest BCUT2D eigenvalue weighted by Crippen LogP contribution is -2.38. The van der Waals surface area contributed by atoms with Crippen LogP contribution in [0.4, 0.5) is 0 Å². The number of nitrogens with zero attached hydrogens (tertiary/aromatic N) is 2. The first kappa shape index (κ1) is 16.5. The highest BCUT2D eigenvalue weighted by Crippen LogP contribution is 2.28. The molecule has 2 aliphatic heterocycles. The van der Waals surface area contributed by atoms with Gasteiger partial charge in [0.1, 0.15) is 11.9 Å². The average Bonchev–Trinajstić information content (AvgIpc) is 3.22. The van der Waals surface area contributed by atoms with Crippen LogP contribution in [-0.2, 0) is 20.8 Å². The van der Waals surface area contributed by atoms with Crippen LogP contribution in [0.2, 0.25) is 0 Å². The Hall–Kier alpha value is -1.40. The molecule has 0 saturated carbocycles. The van der Waals surface area contributed by atoms with Crippen molar-refractivity contribution in [3.05, 3.63) is 18.2 Å². The van der Waals surface area contributed by atoms with E-state index in [4.69, 9.17) is 9.47 Å². The molecule has 2 fully saturated rings. The molecule has 0 aromatic carbocycles. The van der Waals surface area contributed by atoms with Gasteiger partial charge in [-0.15, -0.1) is 0 Å². The van der Waals surface area contributed by atoms with Gasteiger partial charge in [0.05, 0.1) is 12.1 Å². The molecule has 2 saturated heterocycles. The number of carbonyl (C=O) groups excluding carboxylic acids is 1. The van der Waals surface area contributed by atoms with E-state index < -0.39 is 0 Å². The van der Waals surface area contributed by atoms with Crippen LogP contribution < -0.4 is 5.32 Å². The Labute approximate surface area is 137 Å². The van der Waals surface area contributed by atoms with E-state index >= 15 is 0 Å². The van der Waals surface area contributed by atoms with Crippen LogP contribution in [-0.4, -0.2) is 40.8 Å². The zero-order valence-electron chi connectivity index (χ0n) is 13.9. The number of amides is 1. The second-order valence-electron chi connectivity index (χ2n) is 6.35. The van der Waals surface area contributed by atoms with Crippen LogP contribution in [0.15, 0.2) is 12.4 Å². The number of aromatic nitrogens is 2. The topological polar surface area (TPSA) is 65.4 Å². The summed E-state index contributed by atoms with van der Waals surface area (Å²) < 4.78 is 13.6. The van der Waals surface area contributed by atoms with Gasteiger partial charge in [0.2, 0.25) is 5.91 Å². The van der Waals surface area contributed by atoms with Crippen LogP contribution in [0.1, 0.15) is 57.4 Å². The number of nitrogens with one attached hydrogen (secondary N) is 1.